The van der Waals surface area contributed by atoms with Gasteiger partial charge in [0.05, 0.1) is 24.1 Å². The van der Waals surface area contributed by atoms with Crippen molar-refractivity contribution in [1.29, 1.82) is 0 Å². The first-order valence-electron chi connectivity index (χ1n) is 11.8. The zero-order valence-corrected chi connectivity index (χ0v) is 19.0. The first-order valence-corrected chi connectivity index (χ1v) is 11.8. The number of fused-ring (bicyclic) bond motifs is 4. The number of ether oxygens (including phenoxy) is 1. The Hall–Kier alpha value is -4.08. The van der Waals surface area contributed by atoms with E-state index in [1.165, 1.54) is 0 Å². The number of imidazole rings is 1. The van der Waals surface area contributed by atoms with Gasteiger partial charge in [0.25, 0.3) is 0 Å². The first kappa shape index (κ1) is 21.5. The number of aromatic amines is 1. The van der Waals surface area contributed by atoms with E-state index in [0.717, 1.165) is 35.3 Å². The lowest BCUT2D eigenvalue weighted by Crippen LogP contribution is -2.52. The third kappa shape index (κ3) is 3.94. The standard InChI is InChI=1S/C25H25N5O5/c31-19-11-17-3-4-18(12-19)30(17)25(34)29-7-8-35-22-6-2-14(9-16(22)13-29)15-1-5-20-21(10-15)27-23(26-20)28-24(32)33/h1-2,5-6,9-10,17-18H,3-4,7-8,11-13H2,(H,32,33)(H2,26,27,28). The molecule has 3 amide bonds. The molecule has 0 saturated carbocycles. The van der Waals surface area contributed by atoms with Gasteiger partial charge in [0, 0.05) is 30.5 Å². The van der Waals surface area contributed by atoms with Crippen LogP contribution in [-0.4, -0.2) is 68.0 Å². The Morgan fingerprint density at radius 3 is 2.60 bits per heavy atom. The molecule has 2 unspecified atom stereocenters. The van der Waals surface area contributed by atoms with Crippen molar-refractivity contribution in [1.82, 2.24) is 19.8 Å². The van der Waals surface area contributed by atoms with Gasteiger partial charge in [0.15, 0.2) is 0 Å². The Balaban J connectivity index is 1.26. The van der Waals surface area contributed by atoms with Crippen LogP contribution in [0.3, 0.4) is 0 Å². The van der Waals surface area contributed by atoms with Crippen molar-refractivity contribution in [2.75, 3.05) is 18.5 Å². The maximum absolute atomic E-state index is 13.5. The molecular weight excluding hydrogens is 450 g/mol. The Morgan fingerprint density at radius 2 is 1.83 bits per heavy atom. The summed E-state index contributed by atoms with van der Waals surface area (Å²) in [6.07, 6.45) is 1.54. The van der Waals surface area contributed by atoms with Crippen molar-refractivity contribution >= 4 is 34.9 Å². The Kier molecular flexibility index (Phi) is 5.09. The average Bonchev–Trinajstić information content (AvgIpc) is 3.25. The normalized spacial score (nSPS) is 21.4. The number of hydrogen-bond donors (Lipinski definition) is 3. The summed E-state index contributed by atoms with van der Waals surface area (Å²) in [5, 5.41) is 11.1. The summed E-state index contributed by atoms with van der Waals surface area (Å²) in [5.74, 6) is 1.19. The number of carbonyl (C=O) groups excluding carboxylic acids is 2. The number of amides is 3. The highest BCUT2D eigenvalue weighted by Gasteiger charge is 2.44. The predicted molar refractivity (Wildman–Crippen MR) is 127 cm³/mol. The van der Waals surface area contributed by atoms with E-state index in [-0.39, 0.29) is 29.8 Å². The van der Waals surface area contributed by atoms with Gasteiger partial charge in [0.2, 0.25) is 5.95 Å². The lowest BCUT2D eigenvalue weighted by atomic mass is 10.0. The van der Waals surface area contributed by atoms with E-state index >= 15 is 0 Å². The number of benzene rings is 2. The third-order valence-electron chi connectivity index (χ3n) is 7.12. The van der Waals surface area contributed by atoms with Crippen LogP contribution in [0.1, 0.15) is 31.2 Å². The van der Waals surface area contributed by atoms with Crippen LogP contribution in [0.15, 0.2) is 36.4 Å². The zero-order chi connectivity index (χ0) is 24.1. The maximum Gasteiger partial charge on any atom is 0.411 e. The van der Waals surface area contributed by atoms with E-state index in [2.05, 4.69) is 15.3 Å². The molecule has 0 aliphatic carbocycles. The first-order chi connectivity index (χ1) is 16.9. The third-order valence-corrected chi connectivity index (χ3v) is 7.12. The molecule has 3 aromatic rings. The van der Waals surface area contributed by atoms with Crippen molar-refractivity contribution in [2.45, 2.75) is 44.3 Å². The topological polar surface area (TPSA) is 128 Å². The molecule has 2 atom stereocenters. The van der Waals surface area contributed by atoms with Gasteiger partial charge in [-0.3, -0.25) is 10.1 Å². The van der Waals surface area contributed by atoms with E-state index in [4.69, 9.17) is 9.84 Å². The molecule has 10 nitrogen and oxygen atoms in total. The molecule has 0 spiro atoms. The molecule has 0 radical (unpaired) electrons. The van der Waals surface area contributed by atoms with Crippen LogP contribution in [0.2, 0.25) is 0 Å². The number of piperidine rings is 1. The second kappa shape index (κ2) is 8.30. The number of aromatic nitrogens is 2. The molecule has 2 bridgehead atoms. The molecule has 4 heterocycles. The minimum atomic E-state index is -1.18. The summed E-state index contributed by atoms with van der Waals surface area (Å²) >= 11 is 0. The molecule has 1 aromatic heterocycles. The fourth-order valence-corrected chi connectivity index (χ4v) is 5.53. The van der Waals surface area contributed by atoms with Crippen LogP contribution in [0.4, 0.5) is 15.5 Å². The number of rotatable bonds is 2. The maximum atomic E-state index is 13.5. The number of carboxylic acid groups (broad SMARTS) is 1. The quantitative estimate of drug-likeness (QED) is 0.517. The minimum Gasteiger partial charge on any atom is -0.491 e. The number of nitrogens with one attached hydrogen (secondary N) is 2. The molecule has 2 aromatic carbocycles. The number of hydrogen-bond acceptors (Lipinski definition) is 5. The van der Waals surface area contributed by atoms with Gasteiger partial charge < -0.3 is 24.6 Å². The molecule has 3 aliphatic heterocycles. The molecule has 3 aliphatic rings. The van der Waals surface area contributed by atoms with E-state index in [9.17, 15) is 14.4 Å². The van der Waals surface area contributed by atoms with Crippen molar-refractivity contribution in [3.05, 3.63) is 42.0 Å². The summed E-state index contributed by atoms with van der Waals surface area (Å²) in [5.41, 5.74) is 4.17. The number of H-pyrrole nitrogens is 1. The smallest absolute Gasteiger partial charge is 0.411 e. The van der Waals surface area contributed by atoms with Crippen LogP contribution in [0.25, 0.3) is 22.2 Å². The number of nitrogens with zero attached hydrogens (tertiary/aromatic N) is 3. The van der Waals surface area contributed by atoms with Crippen LogP contribution in [-0.2, 0) is 11.3 Å². The minimum absolute atomic E-state index is 0.0100. The number of carbonyl (C=O) groups is 3. The van der Waals surface area contributed by atoms with Gasteiger partial charge in [-0.25, -0.2) is 14.6 Å². The molecule has 10 heteroatoms. The summed E-state index contributed by atoms with van der Waals surface area (Å²) in [6.45, 7) is 1.34. The summed E-state index contributed by atoms with van der Waals surface area (Å²) < 4.78 is 5.96. The molecule has 3 N–H and O–H groups in total. The summed E-state index contributed by atoms with van der Waals surface area (Å²) in [6, 6.07) is 11.6. The number of urea groups is 1. The highest BCUT2D eigenvalue weighted by atomic mass is 16.5. The molecular formula is C25H25N5O5. The van der Waals surface area contributed by atoms with Crippen molar-refractivity contribution in [3.8, 4) is 16.9 Å². The van der Waals surface area contributed by atoms with Gasteiger partial charge >= 0.3 is 12.1 Å². The van der Waals surface area contributed by atoms with Gasteiger partial charge in [-0.15, -0.1) is 0 Å². The number of ketones is 1. The molecule has 2 fully saturated rings. The summed E-state index contributed by atoms with van der Waals surface area (Å²) in [4.78, 5) is 47.3. The Morgan fingerprint density at radius 1 is 1.09 bits per heavy atom. The zero-order valence-electron chi connectivity index (χ0n) is 19.0. The van der Waals surface area contributed by atoms with Crippen LogP contribution >= 0.6 is 0 Å². The number of Topliss-reactive ketones (excluding diaryl/α,β-unsaturated/α-hetero) is 1. The number of anilines is 1. The Labute approximate surface area is 200 Å². The average molecular weight is 476 g/mol. The lowest BCUT2D eigenvalue weighted by molar-refractivity contribution is -0.122. The molecule has 180 valence electrons. The van der Waals surface area contributed by atoms with Gasteiger partial charge in [-0.1, -0.05) is 12.1 Å². The van der Waals surface area contributed by atoms with Crippen LogP contribution in [0, 0.1) is 0 Å². The molecule has 2 saturated heterocycles. The lowest BCUT2D eigenvalue weighted by Gasteiger charge is -2.37. The largest absolute Gasteiger partial charge is 0.491 e. The fourth-order valence-electron chi connectivity index (χ4n) is 5.53. The SMILES string of the molecule is O=C1CC2CCC(C1)N2C(=O)N1CCOc2ccc(-c3ccc4nc(NC(=O)O)[nH]c4c3)cc2C1. The van der Waals surface area contributed by atoms with Crippen molar-refractivity contribution in [3.63, 3.8) is 0 Å². The summed E-state index contributed by atoms with van der Waals surface area (Å²) in [7, 11) is 0. The predicted octanol–water partition coefficient (Wildman–Crippen LogP) is 3.83. The molecule has 6 rings (SSSR count). The van der Waals surface area contributed by atoms with Gasteiger partial charge in [0.1, 0.15) is 18.1 Å². The van der Waals surface area contributed by atoms with Crippen LogP contribution < -0.4 is 10.1 Å². The highest BCUT2D eigenvalue weighted by Crippen LogP contribution is 2.36. The van der Waals surface area contributed by atoms with Crippen molar-refractivity contribution < 1.29 is 24.2 Å². The van der Waals surface area contributed by atoms with E-state index in [0.29, 0.717) is 43.6 Å². The second-order valence-corrected chi connectivity index (χ2v) is 9.36. The van der Waals surface area contributed by atoms with E-state index in [1.54, 1.807) is 0 Å². The van der Waals surface area contributed by atoms with Gasteiger partial charge in [-0.2, -0.15) is 0 Å². The second-order valence-electron chi connectivity index (χ2n) is 9.36. The fraction of sp³-hybridized carbons (Fsp3) is 0.360. The van der Waals surface area contributed by atoms with Gasteiger partial charge in [-0.05, 0) is 48.2 Å². The van der Waals surface area contributed by atoms with Crippen molar-refractivity contribution in [2.24, 2.45) is 0 Å². The Bertz CT molecular complexity index is 1340. The monoisotopic (exact) mass is 475 g/mol. The highest BCUT2D eigenvalue weighted by molar-refractivity contribution is 5.88. The molecule has 35 heavy (non-hydrogen) atoms. The van der Waals surface area contributed by atoms with E-state index < -0.39 is 6.09 Å². The van der Waals surface area contributed by atoms with E-state index in [1.807, 2.05) is 46.2 Å². The van der Waals surface area contributed by atoms with Crippen LogP contribution in [0.5, 0.6) is 5.75 Å².